The number of nitrogens with zero attached hydrogens (tertiary/aromatic N) is 2. The molecule has 1 aromatic heterocycles. The molecule has 0 amide bonds. The number of carboxylic acid groups (broad SMARTS) is 1. The zero-order valence-corrected chi connectivity index (χ0v) is 21.7. The van der Waals surface area contributed by atoms with Gasteiger partial charge in [0.05, 0.1) is 19.3 Å². The van der Waals surface area contributed by atoms with E-state index in [0.29, 0.717) is 36.3 Å². The van der Waals surface area contributed by atoms with E-state index in [2.05, 4.69) is 16.8 Å². The summed E-state index contributed by atoms with van der Waals surface area (Å²) in [5, 5.41) is 34.1. The number of hydrogen-bond donors (Lipinski definition) is 3. The van der Waals surface area contributed by atoms with Crippen LogP contribution in [-0.2, 0) is 22.5 Å². The number of aliphatic carboxylic acids is 1. The van der Waals surface area contributed by atoms with Crippen LogP contribution in [0.3, 0.4) is 0 Å². The van der Waals surface area contributed by atoms with E-state index in [-0.39, 0.29) is 13.2 Å². The molecule has 1 aliphatic carbocycles. The van der Waals surface area contributed by atoms with Crippen molar-refractivity contribution in [2.75, 3.05) is 19.8 Å². The fourth-order valence-corrected chi connectivity index (χ4v) is 5.37. The minimum absolute atomic E-state index is 0.245. The molecule has 198 valence electrons. The second kappa shape index (κ2) is 13.2. The second-order valence-electron chi connectivity index (χ2n) is 9.90. The summed E-state index contributed by atoms with van der Waals surface area (Å²) < 4.78 is 7.42. The summed E-state index contributed by atoms with van der Waals surface area (Å²) >= 11 is 6.38. The number of hydrogen-bond acceptors (Lipinski definition) is 5. The number of carboxylic acids is 1. The van der Waals surface area contributed by atoms with Crippen molar-refractivity contribution in [3.8, 4) is 22.4 Å². The van der Waals surface area contributed by atoms with Crippen LogP contribution in [0.5, 0.6) is 0 Å². The molecule has 3 N–H and O–H groups in total. The van der Waals surface area contributed by atoms with Crippen molar-refractivity contribution < 1.29 is 24.9 Å². The summed E-state index contributed by atoms with van der Waals surface area (Å²) in [7, 11) is 0. The normalized spacial score (nSPS) is 18.6. The Kier molecular flexibility index (Phi) is 9.75. The Labute approximate surface area is 222 Å². The largest absolute Gasteiger partial charge is 0.480 e. The third kappa shape index (κ3) is 7.42. The summed E-state index contributed by atoms with van der Waals surface area (Å²) in [5.74, 6) is -0.113. The number of ether oxygens (including phenoxy) is 1. The second-order valence-corrected chi connectivity index (χ2v) is 10.3. The van der Waals surface area contributed by atoms with Crippen LogP contribution in [0.4, 0.5) is 0 Å². The molecular formula is C29H35ClN2O5. The highest BCUT2D eigenvalue weighted by molar-refractivity contribution is 6.30. The zero-order chi connectivity index (χ0) is 26.2. The van der Waals surface area contributed by atoms with Gasteiger partial charge < -0.3 is 20.1 Å². The molecule has 7 nitrogen and oxygen atoms in total. The summed E-state index contributed by atoms with van der Waals surface area (Å²) in [6.07, 6.45) is 4.24. The fraction of sp³-hybridized carbons (Fsp3) is 0.448. The maximum absolute atomic E-state index is 10.7. The SMILES string of the molecule is O=C(O)COC[C@H]1CC[C@H](Cn2nc(-c3ccccc3)c(-c3cccc(Cl)c3)c2CC[C@H](O)CO)CC1. The van der Waals surface area contributed by atoms with Crippen molar-refractivity contribution in [3.63, 3.8) is 0 Å². The van der Waals surface area contributed by atoms with Gasteiger partial charge in [0.1, 0.15) is 12.3 Å². The molecule has 0 unspecified atom stereocenters. The number of halogens is 1. The number of aromatic nitrogens is 2. The number of aliphatic hydroxyl groups excluding tert-OH is 2. The van der Waals surface area contributed by atoms with E-state index in [4.69, 9.17) is 26.5 Å². The molecule has 0 bridgehead atoms. The van der Waals surface area contributed by atoms with E-state index in [9.17, 15) is 15.0 Å². The lowest BCUT2D eigenvalue weighted by Gasteiger charge is -2.28. The van der Waals surface area contributed by atoms with Gasteiger partial charge in [0, 0.05) is 28.4 Å². The first kappa shape index (κ1) is 27.3. The van der Waals surface area contributed by atoms with Gasteiger partial charge in [0.25, 0.3) is 0 Å². The predicted molar refractivity (Wildman–Crippen MR) is 143 cm³/mol. The molecule has 4 rings (SSSR count). The molecule has 2 aromatic carbocycles. The molecule has 0 saturated heterocycles. The van der Waals surface area contributed by atoms with Crippen LogP contribution in [0.1, 0.15) is 37.8 Å². The molecular weight excluding hydrogens is 492 g/mol. The highest BCUT2D eigenvalue weighted by atomic mass is 35.5. The molecule has 8 heteroatoms. The average molecular weight is 527 g/mol. The van der Waals surface area contributed by atoms with Crippen molar-refractivity contribution in [2.45, 2.75) is 51.2 Å². The van der Waals surface area contributed by atoms with Crippen LogP contribution in [0.25, 0.3) is 22.4 Å². The van der Waals surface area contributed by atoms with Gasteiger partial charge in [-0.05, 0) is 68.1 Å². The van der Waals surface area contributed by atoms with Crippen molar-refractivity contribution in [1.29, 1.82) is 0 Å². The van der Waals surface area contributed by atoms with Crippen molar-refractivity contribution in [1.82, 2.24) is 9.78 Å². The van der Waals surface area contributed by atoms with E-state index in [1.54, 1.807) is 0 Å². The van der Waals surface area contributed by atoms with Crippen LogP contribution in [-0.4, -0.2) is 57.0 Å². The Balaban J connectivity index is 1.62. The Morgan fingerprint density at radius 3 is 2.43 bits per heavy atom. The smallest absolute Gasteiger partial charge is 0.329 e. The lowest BCUT2D eigenvalue weighted by molar-refractivity contribution is -0.142. The standard InChI is InChI=1S/C29H35ClN2O5/c30-24-8-4-7-23(15-24)28-26(14-13-25(34)17-33)32(31-29(28)22-5-2-1-3-6-22)16-20-9-11-21(12-10-20)18-37-19-27(35)36/h1-8,15,20-21,25,33-34H,9-14,16-19H2,(H,35,36)/t20-,21-,25-/m0/s1. The van der Waals surface area contributed by atoms with Gasteiger partial charge in [-0.2, -0.15) is 5.10 Å². The van der Waals surface area contributed by atoms with Crippen LogP contribution in [0.15, 0.2) is 54.6 Å². The Morgan fingerprint density at radius 2 is 1.76 bits per heavy atom. The van der Waals surface area contributed by atoms with Gasteiger partial charge in [-0.3, -0.25) is 4.68 Å². The van der Waals surface area contributed by atoms with Gasteiger partial charge in [-0.25, -0.2) is 4.79 Å². The topological polar surface area (TPSA) is 105 Å². The van der Waals surface area contributed by atoms with Gasteiger partial charge in [-0.1, -0.05) is 54.1 Å². The molecule has 0 aliphatic heterocycles. The molecule has 0 radical (unpaired) electrons. The summed E-state index contributed by atoms with van der Waals surface area (Å²) in [5.41, 5.74) is 4.91. The first-order valence-corrected chi connectivity index (χ1v) is 13.3. The first-order chi connectivity index (χ1) is 17.9. The molecule has 0 spiro atoms. The minimum Gasteiger partial charge on any atom is -0.480 e. The highest BCUT2D eigenvalue weighted by Crippen LogP contribution is 2.38. The van der Waals surface area contributed by atoms with E-state index in [0.717, 1.165) is 60.3 Å². The fourth-order valence-electron chi connectivity index (χ4n) is 5.18. The third-order valence-corrected chi connectivity index (χ3v) is 7.35. The Hall–Kier alpha value is -2.71. The Morgan fingerprint density at radius 1 is 1.05 bits per heavy atom. The summed E-state index contributed by atoms with van der Waals surface area (Å²) in [6.45, 7) is 0.723. The minimum atomic E-state index is -0.934. The van der Waals surface area contributed by atoms with Gasteiger partial charge in [-0.15, -0.1) is 0 Å². The van der Waals surface area contributed by atoms with E-state index >= 15 is 0 Å². The molecule has 1 atom stereocenters. The van der Waals surface area contributed by atoms with E-state index < -0.39 is 12.1 Å². The van der Waals surface area contributed by atoms with Crippen LogP contribution >= 0.6 is 11.6 Å². The molecule has 1 saturated carbocycles. The van der Waals surface area contributed by atoms with Crippen molar-refractivity contribution >= 4 is 17.6 Å². The number of aliphatic hydroxyl groups is 2. The van der Waals surface area contributed by atoms with Crippen LogP contribution in [0, 0.1) is 11.8 Å². The van der Waals surface area contributed by atoms with E-state index in [1.165, 1.54) is 0 Å². The summed E-state index contributed by atoms with van der Waals surface area (Å²) in [4.78, 5) is 10.7. The lowest BCUT2D eigenvalue weighted by atomic mass is 9.82. The van der Waals surface area contributed by atoms with E-state index in [1.807, 2.05) is 42.5 Å². The number of benzene rings is 2. The maximum Gasteiger partial charge on any atom is 0.329 e. The van der Waals surface area contributed by atoms with Crippen molar-refractivity contribution in [2.24, 2.45) is 11.8 Å². The maximum atomic E-state index is 10.7. The first-order valence-electron chi connectivity index (χ1n) is 12.9. The van der Waals surface area contributed by atoms with Crippen LogP contribution < -0.4 is 0 Å². The molecule has 37 heavy (non-hydrogen) atoms. The van der Waals surface area contributed by atoms with Gasteiger partial charge in [0.15, 0.2) is 0 Å². The highest BCUT2D eigenvalue weighted by Gasteiger charge is 2.26. The monoisotopic (exact) mass is 526 g/mol. The lowest BCUT2D eigenvalue weighted by Crippen LogP contribution is -2.24. The molecule has 3 aromatic rings. The quantitative estimate of drug-likeness (QED) is 0.304. The molecule has 1 fully saturated rings. The third-order valence-electron chi connectivity index (χ3n) is 7.12. The average Bonchev–Trinajstić information content (AvgIpc) is 3.26. The number of rotatable bonds is 12. The Bertz CT molecular complexity index is 1160. The summed E-state index contributed by atoms with van der Waals surface area (Å²) in [6, 6.07) is 17.9. The molecule has 1 aliphatic rings. The van der Waals surface area contributed by atoms with Gasteiger partial charge >= 0.3 is 5.97 Å². The number of carbonyl (C=O) groups is 1. The molecule has 1 heterocycles. The zero-order valence-electron chi connectivity index (χ0n) is 20.9. The predicted octanol–water partition coefficient (Wildman–Crippen LogP) is 5.06. The van der Waals surface area contributed by atoms with Crippen molar-refractivity contribution in [3.05, 3.63) is 65.3 Å². The van der Waals surface area contributed by atoms with Gasteiger partial charge in [0.2, 0.25) is 0 Å². The van der Waals surface area contributed by atoms with Crippen LogP contribution in [0.2, 0.25) is 5.02 Å².